The highest BCUT2D eigenvalue weighted by atomic mass is 16.5. The van der Waals surface area contributed by atoms with Crippen molar-refractivity contribution in [2.24, 2.45) is 5.92 Å². The summed E-state index contributed by atoms with van der Waals surface area (Å²) in [5.74, 6) is 1.34. The highest BCUT2D eigenvalue weighted by Crippen LogP contribution is 2.31. The third-order valence-electron chi connectivity index (χ3n) is 5.66. The lowest BCUT2D eigenvalue weighted by molar-refractivity contribution is -0.137. The maximum Gasteiger partial charge on any atom is 0.251 e. The topological polar surface area (TPSA) is 77.1 Å². The lowest BCUT2D eigenvalue weighted by Crippen LogP contribution is -2.44. The van der Waals surface area contributed by atoms with Crippen LogP contribution in [0, 0.1) is 5.92 Å². The van der Waals surface area contributed by atoms with E-state index in [0.717, 1.165) is 32.1 Å². The van der Waals surface area contributed by atoms with Gasteiger partial charge in [-0.3, -0.25) is 9.59 Å². The molecule has 1 aromatic carbocycles. The second kappa shape index (κ2) is 8.39. The molecule has 3 aliphatic rings. The molecule has 3 fully saturated rings. The van der Waals surface area contributed by atoms with Crippen molar-refractivity contribution in [3.05, 3.63) is 23.8 Å². The van der Waals surface area contributed by atoms with Crippen LogP contribution in [-0.4, -0.2) is 62.3 Å². The molecular formula is C21H28N2O5. The van der Waals surface area contributed by atoms with Gasteiger partial charge in [0.05, 0.1) is 19.6 Å². The summed E-state index contributed by atoms with van der Waals surface area (Å²) in [7, 11) is 1.59. The van der Waals surface area contributed by atoms with E-state index < -0.39 is 0 Å². The molecule has 7 nitrogen and oxygen atoms in total. The SMILES string of the molecule is COc1ccc(C(=O)NC2CC2)cc1OC1CCN(C(=O)C2CCOC2)CC1. The lowest BCUT2D eigenvalue weighted by Gasteiger charge is -2.33. The molecule has 0 radical (unpaired) electrons. The van der Waals surface area contributed by atoms with Gasteiger partial charge in [0.1, 0.15) is 6.10 Å². The van der Waals surface area contributed by atoms with E-state index >= 15 is 0 Å². The van der Waals surface area contributed by atoms with Crippen LogP contribution in [0.15, 0.2) is 18.2 Å². The molecule has 0 spiro atoms. The molecule has 4 rings (SSSR count). The average Bonchev–Trinajstić information content (AvgIpc) is 3.36. The number of ether oxygens (including phenoxy) is 3. The van der Waals surface area contributed by atoms with E-state index in [1.54, 1.807) is 25.3 Å². The van der Waals surface area contributed by atoms with Crippen LogP contribution >= 0.6 is 0 Å². The summed E-state index contributed by atoms with van der Waals surface area (Å²) in [6, 6.07) is 5.60. The minimum atomic E-state index is -0.0748. The van der Waals surface area contributed by atoms with E-state index in [1.807, 2.05) is 4.90 Å². The van der Waals surface area contributed by atoms with E-state index in [2.05, 4.69) is 5.32 Å². The number of methoxy groups -OCH3 is 1. The number of amides is 2. The first-order valence-corrected chi connectivity index (χ1v) is 10.2. The molecule has 28 heavy (non-hydrogen) atoms. The Labute approximate surface area is 165 Å². The van der Waals surface area contributed by atoms with E-state index in [9.17, 15) is 9.59 Å². The highest BCUT2D eigenvalue weighted by Gasteiger charge is 2.31. The zero-order valence-electron chi connectivity index (χ0n) is 16.3. The Morgan fingerprint density at radius 1 is 1.11 bits per heavy atom. The van der Waals surface area contributed by atoms with E-state index in [-0.39, 0.29) is 23.8 Å². The number of piperidine rings is 1. The Hall–Kier alpha value is -2.28. The second-order valence-corrected chi connectivity index (χ2v) is 7.82. The predicted octanol–water partition coefficient (Wildman–Crippen LogP) is 1.99. The fourth-order valence-electron chi connectivity index (χ4n) is 3.77. The third kappa shape index (κ3) is 4.41. The summed E-state index contributed by atoms with van der Waals surface area (Å²) < 4.78 is 16.9. The molecule has 0 aromatic heterocycles. The number of hydrogen-bond acceptors (Lipinski definition) is 5. The van der Waals surface area contributed by atoms with Gasteiger partial charge in [-0.25, -0.2) is 0 Å². The number of nitrogens with zero attached hydrogens (tertiary/aromatic N) is 1. The van der Waals surface area contributed by atoms with Crippen molar-refractivity contribution in [1.29, 1.82) is 0 Å². The standard InChI is InChI=1S/C21H28N2O5/c1-26-18-5-2-14(20(24)22-16-3-4-16)12-19(18)28-17-6-9-23(10-7-17)21(25)15-8-11-27-13-15/h2,5,12,15-17H,3-4,6-11,13H2,1H3,(H,22,24). The molecule has 0 bridgehead atoms. The molecule has 1 unspecified atom stereocenters. The van der Waals surface area contributed by atoms with E-state index in [1.165, 1.54) is 0 Å². The lowest BCUT2D eigenvalue weighted by atomic mass is 10.0. The first-order valence-electron chi connectivity index (χ1n) is 10.2. The Morgan fingerprint density at radius 2 is 1.89 bits per heavy atom. The summed E-state index contributed by atoms with van der Waals surface area (Å²) in [6.45, 7) is 2.59. The van der Waals surface area contributed by atoms with E-state index in [0.29, 0.717) is 49.4 Å². The van der Waals surface area contributed by atoms with Gasteiger partial charge in [0, 0.05) is 44.1 Å². The van der Waals surface area contributed by atoms with Crippen molar-refractivity contribution >= 4 is 11.8 Å². The predicted molar refractivity (Wildman–Crippen MR) is 103 cm³/mol. The van der Waals surface area contributed by atoms with Crippen LogP contribution in [0.1, 0.15) is 42.5 Å². The molecule has 1 aromatic rings. The van der Waals surface area contributed by atoms with Gasteiger partial charge >= 0.3 is 0 Å². The molecule has 1 N–H and O–H groups in total. The van der Waals surface area contributed by atoms with Crippen LogP contribution in [0.5, 0.6) is 11.5 Å². The van der Waals surface area contributed by atoms with Crippen molar-refractivity contribution < 1.29 is 23.8 Å². The molecule has 1 atom stereocenters. The molecule has 152 valence electrons. The number of hydrogen-bond donors (Lipinski definition) is 1. The minimum absolute atomic E-state index is 0.000443. The van der Waals surface area contributed by atoms with Crippen molar-refractivity contribution in [2.75, 3.05) is 33.4 Å². The first-order chi connectivity index (χ1) is 13.6. The Bertz CT molecular complexity index is 720. The number of rotatable bonds is 6. The first kappa shape index (κ1) is 19.1. The second-order valence-electron chi connectivity index (χ2n) is 7.82. The average molecular weight is 388 g/mol. The summed E-state index contributed by atoms with van der Waals surface area (Å²) in [5, 5.41) is 2.99. The monoisotopic (exact) mass is 388 g/mol. The van der Waals surface area contributed by atoms with Crippen molar-refractivity contribution in [1.82, 2.24) is 10.2 Å². The summed E-state index contributed by atoms with van der Waals surface area (Å²) in [4.78, 5) is 26.8. The third-order valence-corrected chi connectivity index (χ3v) is 5.66. The minimum Gasteiger partial charge on any atom is -0.493 e. The van der Waals surface area contributed by atoms with Gasteiger partial charge in [-0.1, -0.05) is 0 Å². The fourth-order valence-corrected chi connectivity index (χ4v) is 3.77. The zero-order valence-corrected chi connectivity index (χ0v) is 16.3. The van der Waals surface area contributed by atoms with Crippen LogP contribution in [0.25, 0.3) is 0 Å². The van der Waals surface area contributed by atoms with Gasteiger partial charge in [-0.15, -0.1) is 0 Å². The Balaban J connectivity index is 1.35. The molecule has 2 heterocycles. The number of likely N-dealkylation sites (tertiary alicyclic amines) is 1. The molecule has 2 amide bonds. The molecule has 2 saturated heterocycles. The van der Waals surface area contributed by atoms with Gasteiger partial charge in [-0.05, 0) is 37.5 Å². The maximum absolute atomic E-state index is 12.5. The fraction of sp³-hybridized carbons (Fsp3) is 0.619. The van der Waals surface area contributed by atoms with Crippen LogP contribution in [-0.2, 0) is 9.53 Å². The summed E-state index contributed by atoms with van der Waals surface area (Å²) in [5.41, 5.74) is 0.580. The number of nitrogens with one attached hydrogen (secondary N) is 1. The maximum atomic E-state index is 12.5. The Morgan fingerprint density at radius 3 is 2.54 bits per heavy atom. The quantitative estimate of drug-likeness (QED) is 0.807. The zero-order chi connectivity index (χ0) is 19.5. The smallest absolute Gasteiger partial charge is 0.251 e. The van der Waals surface area contributed by atoms with Gasteiger partial charge in [-0.2, -0.15) is 0 Å². The van der Waals surface area contributed by atoms with Crippen molar-refractivity contribution in [3.63, 3.8) is 0 Å². The number of benzene rings is 1. The highest BCUT2D eigenvalue weighted by molar-refractivity contribution is 5.95. The summed E-state index contributed by atoms with van der Waals surface area (Å²) in [6.07, 6.45) is 4.45. The van der Waals surface area contributed by atoms with Gasteiger partial charge in [0.2, 0.25) is 5.91 Å². The van der Waals surface area contributed by atoms with Gasteiger partial charge in [0.25, 0.3) is 5.91 Å². The summed E-state index contributed by atoms with van der Waals surface area (Å²) >= 11 is 0. The molecule has 1 aliphatic carbocycles. The molecular weight excluding hydrogens is 360 g/mol. The van der Waals surface area contributed by atoms with Crippen LogP contribution in [0.3, 0.4) is 0 Å². The number of carbonyl (C=O) groups is 2. The van der Waals surface area contributed by atoms with Crippen LogP contribution in [0.4, 0.5) is 0 Å². The van der Waals surface area contributed by atoms with E-state index in [4.69, 9.17) is 14.2 Å². The molecule has 2 aliphatic heterocycles. The molecule has 1 saturated carbocycles. The van der Waals surface area contributed by atoms with Crippen molar-refractivity contribution in [2.45, 2.75) is 44.2 Å². The number of carbonyl (C=O) groups excluding carboxylic acids is 2. The Kier molecular flexibility index (Phi) is 5.71. The normalized spacial score (nSPS) is 22.8. The molecule has 7 heteroatoms. The van der Waals surface area contributed by atoms with Crippen LogP contribution < -0.4 is 14.8 Å². The largest absolute Gasteiger partial charge is 0.493 e. The van der Waals surface area contributed by atoms with Crippen LogP contribution in [0.2, 0.25) is 0 Å². The van der Waals surface area contributed by atoms with Gasteiger partial charge in [0.15, 0.2) is 11.5 Å². The van der Waals surface area contributed by atoms with Gasteiger partial charge < -0.3 is 24.4 Å². The van der Waals surface area contributed by atoms with Crippen molar-refractivity contribution in [3.8, 4) is 11.5 Å².